The summed E-state index contributed by atoms with van der Waals surface area (Å²) < 4.78 is 0. The first-order chi connectivity index (χ1) is 11.8. The molecule has 1 aliphatic heterocycles. The largest absolute Gasteiger partial charge is 0.362 e. The van der Waals surface area contributed by atoms with Crippen LogP contribution in [-0.2, 0) is 0 Å². The number of hydrogen-bond acceptors (Lipinski definition) is 5. The molecule has 3 rings (SSSR count). The highest BCUT2D eigenvalue weighted by Crippen LogP contribution is 2.43. The van der Waals surface area contributed by atoms with E-state index in [0.717, 1.165) is 46.9 Å². The number of rotatable bonds is 3. The van der Waals surface area contributed by atoms with E-state index in [-0.39, 0.29) is 5.57 Å². The van der Waals surface area contributed by atoms with Crippen molar-refractivity contribution in [3.63, 3.8) is 0 Å². The molecule has 0 unspecified atom stereocenters. The van der Waals surface area contributed by atoms with Gasteiger partial charge in [0.2, 0.25) is 0 Å². The third-order valence-corrected chi connectivity index (χ3v) is 5.20. The van der Waals surface area contributed by atoms with E-state index in [1.807, 2.05) is 42.5 Å². The summed E-state index contributed by atoms with van der Waals surface area (Å²) >= 11 is 1.49. The van der Waals surface area contributed by atoms with E-state index in [0.29, 0.717) is 5.56 Å². The fraction of sp³-hybridized carbons (Fsp3) is 0.211. The summed E-state index contributed by atoms with van der Waals surface area (Å²) in [4.78, 5) is 3.02. The molecule has 0 bridgehead atoms. The standard InChI is InChI=1S/C19H14N4S/c20-11-14(12-21)10-17-18(15-6-2-1-3-7-15)16(13-22)19(24-17)23-8-4-5-9-23/h1-3,6-7,10H,4-5,8-9H2. The van der Waals surface area contributed by atoms with Gasteiger partial charge in [-0.05, 0) is 24.5 Å². The molecule has 116 valence electrons. The minimum Gasteiger partial charge on any atom is -0.362 e. The molecule has 1 aliphatic rings. The van der Waals surface area contributed by atoms with Crippen LogP contribution in [0.2, 0.25) is 0 Å². The maximum Gasteiger partial charge on any atom is 0.131 e. The van der Waals surface area contributed by atoms with Gasteiger partial charge in [-0.15, -0.1) is 11.3 Å². The van der Waals surface area contributed by atoms with Gasteiger partial charge in [-0.2, -0.15) is 15.8 Å². The maximum atomic E-state index is 9.76. The molecule has 0 amide bonds. The van der Waals surface area contributed by atoms with Crippen LogP contribution in [0.15, 0.2) is 35.9 Å². The predicted octanol–water partition coefficient (Wildman–Crippen LogP) is 4.32. The monoisotopic (exact) mass is 330 g/mol. The number of benzene rings is 1. The highest BCUT2D eigenvalue weighted by molar-refractivity contribution is 7.17. The summed E-state index contributed by atoms with van der Waals surface area (Å²) in [5.41, 5.74) is 2.42. The Balaban J connectivity index is 2.24. The van der Waals surface area contributed by atoms with Gasteiger partial charge in [0.1, 0.15) is 28.8 Å². The van der Waals surface area contributed by atoms with E-state index in [4.69, 9.17) is 10.5 Å². The number of anilines is 1. The number of nitriles is 3. The molecule has 0 N–H and O–H groups in total. The maximum absolute atomic E-state index is 9.76. The van der Waals surface area contributed by atoms with Crippen molar-refractivity contribution in [3.8, 4) is 29.3 Å². The molecule has 5 heteroatoms. The Bertz CT molecular complexity index is 882. The summed E-state index contributed by atoms with van der Waals surface area (Å²) in [7, 11) is 0. The molecule has 4 nitrogen and oxygen atoms in total. The van der Waals surface area contributed by atoms with Gasteiger partial charge in [0.25, 0.3) is 0 Å². The Hall–Kier alpha value is -3.07. The van der Waals surface area contributed by atoms with Crippen LogP contribution in [0.5, 0.6) is 0 Å². The summed E-state index contributed by atoms with van der Waals surface area (Å²) in [5.74, 6) is 0. The molecule has 0 atom stereocenters. The number of thiophene rings is 1. The first kappa shape index (κ1) is 15.8. The average molecular weight is 330 g/mol. The van der Waals surface area contributed by atoms with Crippen LogP contribution in [-0.4, -0.2) is 13.1 Å². The SMILES string of the molecule is N#CC(C#N)=Cc1sc(N2CCCC2)c(C#N)c1-c1ccccc1. The zero-order chi connectivity index (χ0) is 16.9. The lowest BCUT2D eigenvalue weighted by Gasteiger charge is -2.15. The third kappa shape index (κ3) is 2.88. The molecule has 1 aromatic carbocycles. The van der Waals surface area contributed by atoms with Crippen molar-refractivity contribution in [3.05, 3.63) is 46.3 Å². The predicted molar refractivity (Wildman–Crippen MR) is 95.1 cm³/mol. The fourth-order valence-electron chi connectivity index (χ4n) is 2.90. The molecular weight excluding hydrogens is 316 g/mol. The second-order valence-electron chi connectivity index (χ2n) is 5.48. The Morgan fingerprint density at radius 2 is 1.71 bits per heavy atom. The van der Waals surface area contributed by atoms with Crippen LogP contribution < -0.4 is 4.90 Å². The molecular formula is C19H14N4S. The Labute approximate surface area is 145 Å². The van der Waals surface area contributed by atoms with Gasteiger partial charge in [-0.25, -0.2) is 0 Å². The second-order valence-corrected chi connectivity index (χ2v) is 6.51. The highest BCUT2D eigenvalue weighted by Gasteiger charge is 2.24. The van der Waals surface area contributed by atoms with E-state index in [1.54, 1.807) is 6.08 Å². The summed E-state index contributed by atoms with van der Waals surface area (Å²) in [6.45, 7) is 1.88. The minimum absolute atomic E-state index is 0.0471. The molecule has 24 heavy (non-hydrogen) atoms. The normalized spacial score (nSPS) is 13.0. The molecule has 0 radical (unpaired) electrons. The van der Waals surface area contributed by atoms with Gasteiger partial charge in [-0.3, -0.25) is 0 Å². The van der Waals surface area contributed by atoms with E-state index in [1.165, 1.54) is 11.3 Å². The van der Waals surface area contributed by atoms with Gasteiger partial charge < -0.3 is 4.90 Å². The lowest BCUT2D eigenvalue weighted by molar-refractivity contribution is 0.949. The zero-order valence-electron chi connectivity index (χ0n) is 13.0. The second kappa shape index (κ2) is 7.01. The van der Waals surface area contributed by atoms with Crippen molar-refractivity contribution in [2.24, 2.45) is 0 Å². The summed E-state index contributed by atoms with van der Waals surface area (Å²) in [6, 6.07) is 15.8. The van der Waals surface area contributed by atoms with Crippen molar-refractivity contribution in [2.45, 2.75) is 12.8 Å². The van der Waals surface area contributed by atoms with Crippen molar-refractivity contribution >= 4 is 22.4 Å². The molecule has 0 spiro atoms. The fourth-order valence-corrected chi connectivity index (χ4v) is 4.17. The average Bonchev–Trinajstić information content (AvgIpc) is 3.27. The highest BCUT2D eigenvalue weighted by atomic mass is 32.1. The minimum atomic E-state index is 0.0471. The van der Waals surface area contributed by atoms with Crippen LogP contribution in [0.25, 0.3) is 17.2 Å². The first-order valence-corrected chi connectivity index (χ1v) is 8.49. The van der Waals surface area contributed by atoms with Crippen LogP contribution in [0.1, 0.15) is 23.3 Å². The lowest BCUT2D eigenvalue weighted by atomic mass is 10.0. The van der Waals surface area contributed by atoms with E-state index in [9.17, 15) is 5.26 Å². The van der Waals surface area contributed by atoms with Gasteiger partial charge in [0, 0.05) is 23.5 Å². The van der Waals surface area contributed by atoms with Crippen LogP contribution >= 0.6 is 11.3 Å². The first-order valence-electron chi connectivity index (χ1n) is 7.67. The number of nitrogens with zero attached hydrogens (tertiary/aromatic N) is 4. The topological polar surface area (TPSA) is 74.6 Å². The van der Waals surface area contributed by atoms with Gasteiger partial charge in [0.05, 0.1) is 5.56 Å². The van der Waals surface area contributed by atoms with Gasteiger partial charge in [-0.1, -0.05) is 30.3 Å². The third-order valence-electron chi connectivity index (χ3n) is 4.00. The number of hydrogen-bond donors (Lipinski definition) is 0. The number of allylic oxidation sites excluding steroid dienone is 1. The molecule has 0 aliphatic carbocycles. The smallest absolute Gasteiger partial charge is 0.131 e. The van der Waals surface area contributed by atoms with Crippen molar-refractivity contribution < 1.29 is 0 Å². The summed E-state index contributed by atoms with van der Waals surface area (Å²) in [6.07, 6.45) is 3.83. The van der Waals surface area contributed by atoms with E-state index in [2.05, 4.69) is 11.0 Å². The van der Waals surface area contributed by atoms with Gasteiger partial charge >= 0.3 is 0 Å². The molecule has 2 aromatic rings. The Kier molecular flexibility index (Phi) is 4.62. The Morgan fingerprint density at radius 1 is 1.04 bits per heavy atom. The van der Waals surface area contributed by atoms with Gasteiger partial charge in [0.15, 0.2) is 0 Å². The van der Waals surface area contributed by atoms with Crippen molar-refractivity contribution in [1.82, 2.24) is 0 Å². The zero-order valence-corrected chi connectivity index (χ0v) is 13.8. The van der Waals surface area contributed by atoms with E-state index < -0.39 is 0 Å². The summed E-state index contributed by atoms with van der Waals surface area (Å²) in [5, 5.41) is 28.9. The van der Waals surface area contributed by atoms with Crippen LogP contribution in [0.4, 0.5) is 5.00 Å². The lowest BCUT2D eigenvalue weighted by Crippen LogP contribution is -2.17. The Morgan fingerprint density at radius 3 is 2.29 bits per heavy atom. The van der Waals surface area contributed by atoms with Crippen molar-refractivity contribution in [1.29, 1.82) is 15.8 Å². The van der Waals surface area contributed by atoms with Crippen LogP contribution in [0, 0.1) is 34.0 Å². The molecule has 2 heterocycles. The van der Waals surface area contributed by atoms with E-state index >= 15 is 0 Å². The van der Waals surface area contributed by atoms with Crippen LogP contribution in [0.3, 0.4) is 0 Å². The quantitative estimate of drug-likeness (QED) is 0.786. The molecule has 0 saturated carbocycles. The van der Waals surface area contributed by atoms with Crippen molar-refractivity contribution in [2.75, 3.05) is 18.0 Å². The molecule has 1 saturated heterocycles. The molecule has 1 fully saturated rings. The molecule has 1 aromatic heterocycles.